The van der Waals surface area contributed by atoms with Crippen molar-refractivity contribution in [2.45, 2.75) is 13.1 Å². The average Bonchev–Trinajstić information content (AvgIpc) is 3.22. The van der Waals surface area contributed by atoms with Crippen LogP contribution in [0.4, 0.5) is 5.69 Å². The summed E-state index contributed by atoms with van der Waals surface area (Å²) < 4.78 is 6.56. The van der Waals surface area contributed by atoms with Crippen LogP contribution in [0.3, 0.4) is 0 Å². The number of pyridine rings is 1. The summed E-state index contributed by atoms with van der Waals surface area (Å²) in [5.41, 5.74) is 3.71. The second-order valence-corrected chi connectivity index (χ2v) is 7.92. The minimum absolute atomic E-state index is 0.148. The van der Waals surface area contributed by atoms with Gasteiger partial charge in [-0.05, 0) is 29.8 Å². The lowest BCUT2D eigenvalue weighted by atomic mass is 10.2. The molecule has 2 aromatic carbocycles. The van der Waals surface area contributed by atoms with Gasteiger partial charge in [0, 0.05) is 31.5 Å². The minimum Gasteiger partial charge on any atom is -0.494 e. The fraction of sp³-hybridized carbons (Fsp3) is 0.174. The summed E-state index contributed by atoms with van der Waals surface area (Å²) in [5.74, 6) is 0.579. The number of carbonyl (C=O) groups is 1. The Morgan fingerprint density at radius 2 is 1.87 bits per heavy atom. The Labute approximate surface area is 179 Å². The van der Waals surface area contributed by atoms with Crippen LogP contribution in [-0.2, 0) is 13.1 Å². The molecular formula is C23H22N4O2S. The molecule has 0 atom stereocenters. The molecule has 1 N–H and O–H groups in total. The van der Waals surface area contributed by atoms with Gasteiger partial charge in [0.05, 0.1) is 24.0 Å². The van der Waals surface area contributed by atoms with Crippen LogP contribution in [0.2, 0.25) is 0 Å². The summed E-state index contributed by atoms with van der Waals surface area (Å²) in [7, 11) is 3.71. The number of fused-ring (bicyclic) bond motifs is 1. The molecule has 0 aliphatic heterocycles. The fourth-order valence-electron chi connectivity index (χ4n) is 3.26. The molecule has 30 heavy (non-hydrogen) atoms. The topological polar surface area (TPSA) is 67.3 Å². The van der Waals surface area contributed by atoms with E-state index in [1.54, 1.807) is 43.0 Å². The number of thiazole rings is 1. The van der Waals surface area contributed by atoms with Crippen LogP contribution >= 0.6 is 11.3 Å². The first-order chi connectivity index (χ1) is 14.7. The number of anilines is 1. The normalized spacial score (nSPS) is 10.7. The van der Waals surface area contributed by atoms with Gasteiger partial charge in [-0.3, -0.25) is 9.78 Å². The molecule has 0 unspecified atom stereocenters. The number of ether oxygens (including phenoxy) is 1. The minimum atomic E-state index is -0.148. The number of rotatable bonds is 7. The lowest BCUT2D eigenvalue weighted by Crippen LogP contribution is -2.22. The Hall–Kier alpha value is -3.45. The average molecular weight is 419 g/mol. The highest BCUT2D eigenvalue weighted by molar-refractivity contribution is 7.19. The van der Waals surface area contributed by atoms with Gasteiger partial charge >= 0.3 is 0 Å². The fourth-order valence-corrected chi connectivity index (χ4v) is 4.35. The first-order valence-corrected chi connectivity index (χ1v) is 10.4. The van der Waals surface area contributed by atoms with Crippen molar-refractivity contribution in [3.05, 3.63) is 83.1 Å². The molecule has 2 heterocycles. The van der Waals surface area contributed by atoms with Crippen molar-refractivity contribution in [2.75, 3.05) is 19.1 Å². The molecule has 0 bridgehead atoms. The van der Waals surface area contributed by atoms with Gasteiger partial charge in [0.25, 0.3) is 5.91 Å². The molecule has 1 amide bonds. The molecule has 6 nitrogen and oxygen atoms in total. The third-order valence-corrected chi connectivity index (χ3v) is 5.84. The number of nitrogens with one attached hydrogen (secondary N) is 1. The first kappa shape index (κ1) is 19.8. The molecule has 0 saturated heterocycles. The number of nitrogens with zero attached hydrogens (tertiary/aromatic N) is 3. The smallest absolute Gasteiger partial charge is 0.251 e. The number of hydrogen-bond donors (Lipinski definition) is 1. The van der Waals surface area contributed by atoms with E-state index >= 15 is 0 Å². The summed E-state index contributed by atoms with van der Waals surface area (Å²) >= 11 is 1.57. The zero-order chi connectivity index (χ0) is 20.9. The van der Waals surface area contributed by atoms with E-state index in [0.717, 1.165) is 33.2 Å². The lowest BCUT2D eigenvalue weighted by molar-refractivity contribution is 0.0951. The molecule has 0 fully saturated rings. The van der Waals surface area contributed by atoms with E-state index in [0.29, 0.717) is 12.1 Å². The molecule has 2 aromatic heterocycles. The van der Waals surface area contributed by atoms with Gasteiger partial charge in [0.15, 0.2) is 0 Å². The van der Waals surface area contributed by atoms with Gasteiger partial charge in [-0.2, -0.15) is 0 Å². The van der Waals surface area contributed by atoms with Crippen molar-refractivity contribution in [3.8, 4) is 5.75 Å². The van der Waals surface area contributed by atoms with Gasteiger partial charge in [-0.15, -0.1) is 11.3 Å². The van der Waals surface area contributed by atoms with Gasteiger partial charge < -0.3 is 15.0 Å². The second-order valence-electron chi connectivity index (χ2n) is 6.83. The van der Waals surface area contributed by atoms with Crippen LogP contribution in [0.25, 0.3) is 10.2 Å². The largest absolute Gasteiger partial charge is 0.494 e. The van der Waals surface area contributed by atoms with Crippen LogP contribution < -0.4 is 15.0 Å². The maximum atomic E-state index is 12.3. The first-order valence-electron chi connectivity index (χ1n) is 9.55. The van der Waals surface area contributed by atoms with Crippen molar-refractivity contribution in [2.24, 2.45) is 0 Å². The summed E-state index contributed by atoms with van der Waals surface area (Å²) in [6, 6.07) is 17.7. The third-order valence-electron chi connectivity index (χ3n) is 4.77. The Morgan fingerprint density at radius 1 is 1.10 bits per heavy atom. The molecule has 152 valence electrons. The lowest BCUT2D eigenvalue weighted by Gasteiger charge is -2.20. The van der Waals surface area contributed by atoms with Gasteiger partial charge in [0.1, 0.15) is 16.3 Å². The van der Waals surface area contributed by atoms with Crippen LogP contribution in [-0.4, -0.2) is 30.0 Å². The molecule has 0 aliphatic carbocycles. The molecule has 0 aliphatic rings. The van der Waals surface area contributed by atoms with E-state index in [9.17, 15) is 4.79 Å². The maximum absolute atomic E-state index is 12.3. The summed E-state index contributed by atoms with van der Waals surface area (Å²) in [5, 5.41) is 3.75. The van der Waals surface area contributed by atoms with Crippen molar-refractivity contribution in [1.29, 1.82) is 0 Å². The van der Waals surface area contributed by atoms with Crippen molar-refractivity contribution in [1.82, 2.24) is 15.3 Å². The van der Waals surface area contributed by atoms with Gasteiger partial charge in [0.2, 0.25) is 0 Å². The molecule has 4 aromatic rings. The number of hydrogen-bond acceptors (Lipinski definition) is 6. The number of carbonyl (C=O) groups excluding carboxylic acids is 1. The van der Waals surface area contributed by atoms with E-state index < -0.39 is 0 Å². The standard InChI is InChI=1S/C23H22N4O2S/c1-27(15-16-6-4-3-5-7-16)18-8-9-19(29-2)21-22(18)30-20(26-21)14-25-23(28)17-10-12-24-13-11-17/h3-13H,14-15H2,1-2H3,(H,25,28). The third kappa shape index (κ3) is 4.26. The molecule has 7 heteroatoms. The monoisotopic (exact) mass is 418 g/mol. The Kier molecular flexibility index (Phi) is 5.90. The quantitative estimate of drug-likeness (QED) is 0.486. The van der Waals surface area contributed by atoms with Crippen LogP contribution in [0.15, 0.2) is 67.0 Å². The Morgan fingerprint density at radius 3 is 2.60 bits per heavy atom. The van der Waals surface area contributed by atoms with E-state index in [2.05, 4.69) is 40.4 Å². The van der Waals surface area contributed by atoms with Crippen molar-refractivity contribution < 1.29 is 9.53 Å². The van der Waals surface area contributed by atoms with E-state index in [4.69, 9.17) is 9.72 Å². The number of benzene rings is 2. The SMILES string of the molecule is COc1ccc(N(C)Cc2ccccc2)c2sc(CNC(=O)c3ccncc3)nc12. The zero-order valence-corrected chi connectivity index (χ0v) is 17.6. The molecular weight excluding hydrogens is 396 g/mol. The summed E-state index contributed by atoms with van der Waals surface area (Å²) in [4.78, 5) is 23.2. The predicted molar refractivity (Wildman–Crippen MR) is 120 cm³/mol. The molecule has 0 spiro atoms. The predicted octanol–water partition coefficient (Wildman–Crippen LogP) is 4.27. The number of aromatic nitrogens is 2. The summed E-state index contributed by atoms with van der Waals surface area (Å²) in [6.45, 7) is 1.14. The van der Waals surface area contributed by atoms with E-state index in [-0.39, 0.29) is 5.91 Å². The highest BCUT2D eigenvalue weighted by Crippen LogP contribution is 2.37. The molecule has 0 radical (unpaired) electrons. The Balaban J connectivity index is 1.58. The van der Waals surface area contributed by atoms with Gasteiger partial charge in [-0.1, -0.05) is 30.3 Å². The highest BCUT2D eigenvalue weighted by Gasteiger charge is 2.16. The van der Waals surface area contributed by atoms with Crippen molar-refractivity contribution >= 4 is 33.1 Å². The molecule has 4 rings (SSSR count). The maximum Gasteiger partial charge on any atom is 0.251 e. The van der Waals surface area contributed by atoms with Crippen molar-refractivity contribution in [3.63, 3.8) is 0 Å². The summed E-state index contributed by atoms with van der Waals surface area (Å²) in [6.07, 6.45) is 3.21. The Bertz CT molecular complexity index is 1150. The van der Waals surface area contributed by atoms with Crippen LogP contribution in [0, 0.1) is 0 Å². The number of amides is 1. The highest BCUT2D eigenvalue weighted by atomic mass is 32.1. The second kappa shape index (κ2) is 8.92. The van der Waals surface area contributed by atoms with E-state index in [1.807, 2.05) is 24.3 Å². The van der Waals surface area contributed by atoms with Gasteiger partial charge in [-0.25, -0.2) is 4.98 Å². The van der Waals surface area contributed by atoms with E-state index in [1.165, 1.54) is 5.56 Å². The number of methoxy groups -OCH3 is 1. The van der Waals surface area contributed by atoms with Crippen LogP contribution in [0.1, 0.15) is 20.9 Å². The zero-order valence-electron chi connectivity index (χ0n) is 16.8. The molecule has 0 saturated carbocycles. The van der Waals surface area contributed by atoms with Crippen LogP contribution in [0.5, 0.6) is 5.75 Å².